The van der Waals surface area contributed by atoms with Crippen LogP contribution in [-0.4, -0.2) is 87.7 Å². The largest absolute Gasteiger partial charge is 0.468 e. The van der Waals surface area contributed by atoms with E-state index in [1.54, 1.807) is 40.3 Å². The van der Waals surface area contributed by atoms with Gasteiger partial charge in [0.05, 0.1) is 37.2 Å². The number of amides is 2. The van der Waals surface area contributed by atoms with Crippen molar-refractivity contribution in [3.63, 3.8) is 0 Å². The van der Waals surface area contributed by atoms with Gasteiger partial charge in [-0.25, -0.2) is 15.2 Å². The fourth-order valence-corrected chi connectivity index (χ4v) is 6.79. The van der Waals surface area contributed by atoms with Gasteiger partial charge in [-0.2, -0.15) is 0 Å². The predicted molar refractivity (Wildman–Crippen MR) is 203 cm³/mol. The Hall–Kier alpha value is -4.79. The summed E-state index contributed by atoms with van der Waals surface area (Å²) in [7, 11) is 2.97. The highest BCUT2D eigenvalue weighted by Crippen LogP contribution is 2.41. The average molecular weight is 747 g/mol. The summed E-state index contributed by atoms with van der Waals surface area (Å²) in [6.07, 6.45) is 3.94. The van der Waals surface area contributed by atoms with Crippen molar-refractivity contribution in [2.75, 3.05) is 27.4 Å². The summed E-state index contributed by atoms with van der Waals surface area (Å²) in [4.78, 5) is 48.3. The van der Waals surface area contributed by atoms with E-state index in [2.05, 4.69) is 45.4 Å². The minimum absolute atomic E-state index is 0.00171. The molecule has 14 heteroatoms. The van der Waals surface area contributed by atoms with Gasteiger partial charge in [0.1, 0.15) is 17.7 Å². The Labute approximate surface area is 316 Å². The number of hydrogen-bond acceptors (Lipinski definition) is 11. The first kappa shape index (κ1) is 40.4. The highest BCUT2D eigenvalue weighted by atomic mass is 16.6. The SMILES string of the molecule is CCn1c(-c2cccnc2[C@H](C)OC)c(CC(C)(C)CO)c2cc(-c3cnc(C[C@H](NC(=O)OC(C)(C)C)C(=O)N4CCC[C@@H](C(=O)OC)N4)o3)ccc21. The molecule has 0 saturated carbocycles. The number of carbonyl (C=O) groups excluding carboxylic acids is 3. The molecule has 1 aliphatic heterocycles. The molecule has 54 heavy (non-hydrogen) atoms. The van der Waals surface area contributed by atoms with Crippen molar-refractivity contribution in [3.05, 3.63) is 59.9 Å². The van der Waals surface area contributed by atoms with Crippen LogP contribution in [0.15, 0.2) is 47.1 Å². The molecule has 0 bridgehead atoms. The zero-order valence-corrected chi connectivity index (χ0v) is 32.8. The number of carbonyl (C=O) groups is 3. The quantitative estimate of drug-likeness (QED) is 0.142. The number of rotatable bonds is 13. The van der Waals surface area contributed by atoms with E-state index in [1.165, 1.54) is 12.1 Å². The highest BCUT2D eigenvalue weighted by Gasteiger charge is 2.35. The first-order valence-corrected chi connectivity index (χ1v) is 18.4. The fourth-order valence-electron chi connectivity index (χ4n) is 6.79. The van der Waals surface area contributed by atoms with Crippen molar-refractivity contribution < 1.29 is 38.1 Å². The van der Waals surface area contributed by atoms with E-state index in [-0.39, 0.29) is 25.0 Å². The second-order valence-electron chi connectivity index (χ2n) is 15.5. The minimum Gasteiger partial charge on any atom is -0.468 e. The summed E-state index contributed by atoms with van der Waals surface area (Å²) in [5.41, 5.74) is 7.38. The van der Waals surface area contributed by atoms with E-state index in [0.29, 0.717) is 38.1 Å². The molecule has 3 atom stereocenters. The standard InChI is InChI=1S/C40H54N6O8/c1-10-45-31-16-15-25(19-27(31)28(21-40(6,7)23-47)35(45)26-13-11-17-41-34(26)24(2)51-8)32-22-42-33(53-32)20-30(43-38(50)54-39(3,4)5)36(48)46-18-12-14-29(44-46)37(49)52-9/h11,13,15-17,19,22,24,29-30,44,47H,10,12,14,18,20-21,23H2,1-9H3,(H,43,50)/t24-,29-,30-/m0/s1. The lowest BCUT2D eigenvalue weighted by atomic mass is 9.84. The van der Waals surface area contributed by atoms with Crippen molar-refractivity contribution in [2.24, 2.45) is 5.41 Å². The summed E-state index contributed by atoms with van der Waals surface area (Å²) in [6.45, 7) is 14.4. The third-order valence-corrected chi connectivity index (χ3v) is 9.54. The molecule has 1 aromatic carbocycles. The van der Waals surface area contributed by atoms with E-state index in [4.69, 9.17) is 23.6 Å². The fraction of sp³-hybridized carbons (Fsp3) is 0.525. The van der Waals surface area contributed by atoms with Gasteiger partial charge in [-0.05, 0) is 95.2 Å². The third-order valence-electron chi connectivity index (χ3n) is 9.54. The lowest BCUT2D eigenvalue weighted by Crippen LogP contribution is -2.60. The number of hydrogen-bond donors (Lipinski definition) is 3. The number of fused-ring (bicyclic) bond motifs is 1. The molecule has 3 N–H and O–H groups in total. The van der Waals surface area contributed by atoms with Gasteiger partial charge < -0.3 is 33.6 Å². The number of aryl methyl sites for hydroxylation is 1. The molecule has 292 valence electrons. The number of esters is 1. The van der Waals surface area contributed by atoms with Crippen molar-refractivity contribution in [1.29, 1.82) is 0 Å². The van der Waals surface area contributed by atoms with E-state index in [1.807, 2.05) is 32.9 Å². The molecule has 0 spiro atoms. The number of nitrogens with one attached hydrogen (secondary N) is 2. The Balaban J connectivity index is 1.53. The predicted octanol–water partition coefficient (Wildman–Crippen LogP) is 5.75. The zero-order chi connectivity index (χ0) is 39.4. The molecular formula is C40H54N6O8. The van der Waals surface area contributed by atoms with Crippen molar-refractivity contribution in [3.8, 4) is 22.6 Å². The van der Waals surface area contributed by atoms with Gasteiger partial charge in [0.2, 0.25) is 0 Å². The molecule has 3 aromatic heterocycles. The molecule has 5 rings (SSSR count). The lowest BCUT2D eigenvalue weighted by molar-refractivity contribution is -0.150. The number of pyridine rings is 1. The van der Waals surface area contributed by atoms with Gasteiger partial charge in [0.25, 0.3) is 5.91 Å². The van der Waals surface area contributed by atoms with Crippen LogP contribution in [0.5, 0.6) is 0 Å². The van der Waals surface area contributed by atoms with Crippen LogP contribution in [0.1, 0.15) is 84.6 Å². The molecule has 1 aliphatic rings. The lowest BCUT2D eigenvalue weighted by Gasteiger charge is -2.34. The molecule has 4 aromatic rings. The summed E-state index contributed by atoms with van der Waals surface area (Å²) in [6, 6.07) is 8.28. The Bertz CT molecular complexity index is 1960. The first-order chi connectivity index (χ1) is 25.6. The zero-order valence-electron chi connectivity index (χ0n) is 32.8. The topological polar surface area (TPSA) is 170 Å². The van der Waals surface area contributed by atoms with Gasteiger partial charge in [-0.1, -0.05) is 13.8 Å². The van der Waals surface area contributed by atoms with Crippen LogP contribution in [-0.2, 0) is 43.2 Å². The van der Waals surface area contributed by atoms with Crippen LogP contribution in [0.3, 0.4) is 0 Å². The Morgan fingerprint density at radius 1 is 1.13 bits per heavy atom. The van der Waals surface area contributed by atoms with Crippen molar-refractivity contribution >= 4 is 28.9 Å². The van der Waals surface area contributed by atoms with Gasteiger partial charge >= 0.3 is 12.1 Å². The van der Waals surface area contributed by atoms with Gasteiger partial charge in [-0.15, -0.1) is 0 Å². The van der Waals surface area contributed by atoms with Crippen LogP contribution >= 0.6 is 0 Å². The third kappa shape index (κ3) is 9.11. The maximum absolute atomic E-state index is 13.9. The number of aliphatic hydroxyl groups is 1. The minimum atomic E-state index is -1.12. The van der Waals surface area contributed by atoms with Crippen molar-refractivity contribution in [2.45, 2.75) is 104 Å². The smallest absolute Gasteiger partial charge is 0.408 e. The Morgan fingerprint density at radius 3 is 2.56 bits per heavy atom. The maximum Gasteiger partial charge on any atom is 0.408 e. The number of nitrogens with zero attached hydrogens (tertiary/aromatic N) is 4. The highest BCUT2D eigenvalue weighted by molar-refractivity contribution is 5.95. The number of hydrazine groups is 1. The molecule has 1 fully saturated rings. The number of ether oxygens (including phenoxy) is 3. The summed E-state index contributed by atoms with van der Waals surface area (Å²) in [5, 5.41) is 15.4. The molecule has 14 nitrogen and oxygen atoms in total. The Kier molecular flexibility index (Phi) is 12.5. The molecule has 4 heterocycles. The van der Waals surface area contributed by atoms with Crippen molar-refractivity contribution in [1.82, 2.24) is 30.3 Å². The molecule has 0 aliphatic carbocycles. The van der Waals surface area contributed by atoms with Crippen LogP contribution in [0, 0.1) is 5.41 Å². The molecular weight excluding hydrogens is 692 g/mol. The molecule has 0 radical (unpaired) electrons. The summed E-state index contributed by atoms with van der Waals surface area (Å²) in [5.74, 6) is -0.250. The van der Waals surface area contributed by atoms with Crippen LogP contribution in [0.2, 0.25) is 0 Å². The second-order valence-corrected chi connectivity index (χ2v) is 15.5. The van der Waals surface area contributed by atoms with E-state index < -0.39 is 41.1 Å². The van der Waals surface area contributed by atoms with E-state index in [9.17, 15) is 19.5 Å². The van der Waals surface area contributed by atoms with Crippen LogP contribution in [0.25, 0.3) is 33.5 Å². The monoisotopic (exact) mass is 746 g/mol. The van der Waals surface area contributed by atoms with Crippen LogP contribution in [0.4, 0.5) is 4.79 Å². The molecule has 2 amide bonds. The number of aromatic nitrogens is 3. The van der Waals surface area contributed by atoms with E-state index in [0.717, 1.165) is 39.0 Å². The normalized spacial score (nSPS) is 16.3. The summed E-state index contributed by atoms with van der Waals surface area (Å²) >= 11 is 0. The number of aliphatic hydroxyl groups excluding tert-OH is 1. The number of oxazole rings is 1. The number of benzene rings is 1. The Morgan fingerprint density at radius 2 is 1.89 bits per heavy atom. The maximum atomic E-state index is 13.9. The number of alkyl carbamates (subject to hydrolysis) is 1. The molecule has 0 unspecified atom stereocenters. The number of methoxy groups -OCH3 is 2. The average Bonchev–Trinajstić information content (AvgIpc) is 3.74. The first-order valence-electron chi connectivity index (χ1n) is 18.4. The van der Waals surface area contributed by atoms with Gasteiger partial charge in [-0.3, -0.25) is 19.6 Å². The molecule has 1 saturated heterocycles. The van der Waals surface area contributed by atoms with Gasteiger partial charge in [0.15, 0.2) is 11.7 Å². The van der Waals surface area contributed by atoms with Gasteiger partial charge in [0, 0.05) is 55.0 Å². The van der Waals surface area contributed by atoms with E-state index >= 15 is 0 Å². The second kappa shape index (κ2) is 16.7. The van der Waals surface area contributed by atoms with Crippen LogP contribution < -0.4 is 10.7 Å². The summed E-state index contributed by atoms with van der Waals surface area (Å²) < 4.78 is 24.6.